The molecule has 1 aliphatic carbocycles. The third-order valence-corrected chi connectivity index (χ3v) is 5.46. The van der Waals surface area contributed by atoms with Crippen molar-refractivity contribution in [2.45, 2.75) is 44.4 Å². The molecule has 1 aromatic carbocycles. The average molecular weight is 372 g/mol. The van der Waals surface area contributed by atoms with Crippen molar-refractivity contribution in [1.29, 1.82) is 0 Å². The second kappa shape index (κ2) is 8.47. The van der Waals surface area contributed by atoms with E-state index in [1.807, 2.05) is 42.6 Å². The number of rotatable bonds is 5. The molecule has 0 spiro atoms. The number of hydrogen-bond acceptors (Lipinski definition) is 5. The van der Waals surface area contributed by atoms with E-state index >= 15 is 0 Å². The molecule has 1 heterocycles. The number of ether oxygens (including phenoxy) is 1. The summed E-state index contributed by atoms with van der Waals surface area (Å²) < 4.78 is 5.95. The standard InChI is InChI=1S/C20H24N2O3S/c1-14-21-15(13-26-14)11-12-19(23)22(2)17-9-6-10-18(20(17)24)25-16-7-4-3-5-8-16/h3-5,7-8,11-13,17-18,20,24H,6,9-10H2,1-2H3/b12-11+/t17-,18-,20-/m1/s1. The summed E-state index contributed by atoms with van der Waals surface area (Å²) in [6, 6.07) is 9.24. The first kappa shape index (κ1) is 18.6. The Morgan fingerprint density at radius 2 is 2.12 bits per heavy atom. The summed E-state index contributed by atoms with van der Waals surface area (Å²) in [7, 11) is 1.73. The second-order valence-electron chi connectivity index (χ2n) is 6.53. The lowest BCUT2D eigenvalue weighted by molar-refractivity contribution is -0.132. The van der Waals surface area contributed by atoms with Crippen molar-refractivity contribution >= 4 is 23.3 Å². The number of carbonyl (C=O) groups is 1. The Bertz CT molecular complexity index is 759. The average Bonchev–Trinajstić information content (AvgIpc) is 3.07. The van der Waals surface area contributed by atoms with Gasteiger partial charge in [-0.1, -0.05) is 18.2 Å². The molecule has 1 aliphatic rings. The van der Waals surface area contributed by atoms with Crippen LogP contribution in [0.15, 0.2) is 41.8 Å². The van der Waals surface area contributed by atoms with Gasteiger partial charge in [-0.15, -0.1) is 11.3 Å². The number of nitrogens with zero attached hydrogens (tertiary/aromatic N) is 2. The lowest BCUT2D eigenvalue weighted by atomic mass is 9.89. The minimum Gasteiger partial charge on any atom is -0.488 e. The first-order chi connectivity index (χ1) is 12.5. The Balaban J connectivity index is 1.63. The van der Waals surface area contributed by atoms with E-state index in [1.165, 1.54) is 6.08 Å². The molecule has 2 aromatic rings. The van der Waals surface area contributed by atoms with E-state index in [0.717, 1.165) is 35.7 Å². The minimum atomic E-state index is -0.715. The number of aliphatic hydroxyl groups is 1. The fraction of sp³-hybridized carbons (Fsp3) is 0.400. The van der Waals surface area contributed by atoms with Crippen LogP contribution in [0.5, 0.6) is 5.75 Å². The maximum absolute atomic E-state index is 12.5. The first-order valence-corrected chi connectivity index (χ1v) is 9.69. The molecule has 3 atom stereocenters. The van der Waals surface area contributed by atoms with Crippen molar-refractivity contribution < 1.29 is 14.6 Å². The van der Waals surface area contributed by atoms with Crippen molar-refractivity contribution in [3.05, 3.63) is 52.5 Å². The van der Waals surface area contributed by atoms with E-state index in [0.29, 0.717) is 0 Å². The van der Waals surface area contributed by atoms with Gasteiger partial charge in [0.05, 0.1) is 16.7 Å². The van der Waals surface area contributed by atoms with Gasteiger partial charge in [-0.3, -0.25) is 4.79 Å². The van der Waals surface area contributed by atoms with Crippen LogP contribution in [0.2, 0.25) is 0 Å². The van der Waals surface area contributed by atoms with Gasteiger partial charge < -0.3 is 14.7 Å². The molecule has 26 heavy (non-hydrogen) atoms. The molecule has 1 aromatic heterocycles. The van der Waals surface area contributed by atoms with Crippen LogP contribution >= 0.6 is 11.3 Å². The van der Waals surface area contributed by atoms with E-state index in [9.17, 15) is 9.90 Å². The number of carbonyl (C=O) groups excluding carboxylic acids is 1. The van der Waals surface area contributed by atoms with Gasteiger partial charge in [0.2, 0.25) is 5.91 Å². The van der Waals surface area contributed by atoms with E-state index in [1.54, 1.807) is 29.4 Å². The van der Waals surface area contributed by atoms with E-state index in [-0.39, 0.29) is 18.1 Å². The van der Waals surface area contributed by atoms with E-state index in [4.69, 9.17) is 4.74 Å². The van der Waals surface area contributed by atoms with Crippen molar-refractivity contribution in [3.8, 4) is 5.75 Å². The van der Waals surface area contributed by atoms with Crippen molar-refractivity contribution in [2.24, 2.45) is 0 Å². The predicted octanol–water partition coefficient (Wildman–Crippen LogP) is 3.28. The maximum Gasteiger partial charge on any atom is 0.246 e. The Labute approximate surface area is 157 Å². The Morgan fingerprint density at radius 1 is 1.35 bits per heavy atom. The Morgan fingerprint density at radius 3 is 2.81 bits per heavy atom. The van der Waals surface area contributed by atoms with Crippen molar-refractivity contribution in [1.82, 2.24) is 9.88 Å². The fourth-order valence-electron chi connectivity index (χ4n) is 3.24. The molecular weight excluding hydrogens is 348 g/mol. The highest BCUT2D eigenvalue weighted by Crippen LogP contribution is 2.27. The van der Waals surface area contributed by atoms with Gasteiger partial charge in [0.1, 0.15) is 18.0 Å². The number of aryl methyl sites for hydroxylation is 1. The summed E-state index contributed by atoms with van der Waals surface area (Å²) in [6.07, 6.45) is 4.67. The summed E-state index contributed by atoms with van der Waals surface area (Å²) in [6.45, 7) is 1.93. The first-order valence-electron chi connectivity index (χ1n) is 8.81. The normalized spacial score (nSPS) is 23.1. The summed E-state index contributed by atoms with van der Waals surface area (Å²) >= 11 is 1.55. The largest absolute Gasteiger partial charge is 0.488 e. The summed E-state index contributed by atoms with van der Waals surface area (Å²) in [5.74, 6) is 0.602. The van der Waals surface area contributed by atoms with Gasteiger partial charge in [-0.25, -0.2) is 4.98 Å². The molecule has 1 amide bonds. The molecular formula is C20H24N2O3S. The van der Waals surface area contributed by atoms with Gasteiger partial charge in [-0.05, 0) is 44.4 Å². The van der Waals surface area contributed by atoms with Crippen molar-refractivity contribution in [3.63, 3.8) is 0 Å². The topological polar surface area (TPSA) is 62.7 Å². The highest BCUT2D eigenvalue weighted by molar-refractivity contribution is 7.09. The zero-order chi connectivity index (χ0) is 18.5. The van der Waals surface area contributed by atoms with Gasteiger partial charge in [-0.2, -0.15) is 0 Å². The van der Waals surface area contributed by atoms with Crippen LogP contribution < -0.4 is 4.74 Å². The van der Waals surface area contributed by atoms with Crippen LogP contribution in [0, 0.1) is 6.92 Å². The zero-order valence-corrected chi connectivity index (χ0v) is 15.9. The van der Waals surface area contributed by atoms with Crippen LogP contribution in [-0.2, 0) is 4.79 Å². The third kappa shape index (κ3) is 4.51. The van der Waals surface area contributed by atoms with Crippen LogP contribution in [0.4, 0.5) is 0 Å². The zero-order valence-electron chi connectivity index (χ0n) is 15.0. The summed E-state index contributed by atoms with van der Waals surface area (Å²) in [5.41, 5.74) is 0.781. The summed E-state index contributed by atoms with van der Waals surface area (Å²) in [5, 5.41) is 13.6. The molecule has 0 saturated heterocycles. The molecule has 0 aliphatic heterocycles. The lowest BCUT2D eigenvalue weighted by Gasteiger charge is -2.39. The van der Waals surface area contributed by atoms with Gasteiger partial charge in [0, 0.05) is 18.5 Å². The molecule has 1 saturated carbocycles. The van der Waals surface area contributed by atoms with E-state index in [2.05, 4.69) is 4.98 Å². The molecule has 1 N–H and O–H groups in total. The van der Waals surface area contributed by atoms with Gasteiger partial charge in [0.15, 0.2) is 0 Å². The molecule has 0 bridgehead atoms. The number of likely N-dealkylation sites (N-methyl/N-ethyl adjacent to an activating group) is 1. The van der Waals surface area contributed by atoms with Crippen molar-refractivity contribution in [2.75, 3.05) is 7.05 Å². The molecule has 0 radical (unpaired) electrons. The highest BCUT2D eigenvalue weighted by atomic mass is 32.1. The number of aliphatic hydroxyl groups excluding tert-OH is 1. The Kier molecular flexibility index (Phi) is 6.06. The molecule has 6 heteroatoms. The number of hydrogen-bond donors (Lipinski definition) is 1. The van der Waals surface area contributed by atoms with E-state index < -0.39 is 6.10 Å². The lowest BCUT2D eigenvalue weighted by Crippen LogP contribution is -2.53. The molecule has 1 fully saturated rings. The monoisotopic (exact) mass is 372 g/mol. The molecule has 0 unspecified atom stereocenters. The number of benzene rings is 1. The van der Waals surface area contributed by atoms with Gasteiger partial charge in [0.25, 0.3) is 0 Å². The van der Waals surface area contributed by atoms with Gasteiger partial charge >= 0.3 is 0 Å². The molecule has 138 valence electrons. The number of aromatic nitrogens is 1. The molecule has 3 rings (SSSR count). The van der Waals surface area contributed by atoms with Crippen LogP contribution in [0.1, 0.15) is 30.0 Å². The SMILES string of the molecule is Cc1nc(/C=C/C(=O)N(C)[C@@H]2CCC[C@@H](Oc3ccccc3)[C@@H]2O)cs1. The number of amides is 1. The second-order valence-corrected chi connectivity index (χ2v) is 7.59. The fourth-order valence-corrected chi connectivity index (χ4v) is 3.82. The predicted molar refractivity (Wildman–Crippen MR) is 103 cm³/mol. The van der Waals surface area contributed by atoms with Crippen LogP contribution in [-0.4, -0.2) is 46.2 Å². The molecule has 5 nitrogen and oxygen atoms in total. The number of thiazole rings is 1. The number of para-hydroxylation sites is 1. The van der Waals surface area contributed by atoms with Crippen LogP contribution in [0.3, 0.4) is 0 Å². The maximum atomic E-state index is 12.5. The Hall–Kier alpha value is -2.18. The third-order valence-electron chi connectivity index (χ3n) is 4.67. The minimum absolute atomic E-state index is 0.139. The quantitative estimate of drug-likeness (QED) is 0.818. The highest BCUT2D eigenvalue weighted by Gasteiger charge is 2.36. The van der Waals surface area contributed by atoms with Crippen LogP contribution in [0.25, 0.3) is 6.08 Å². The summed E-state index contributed by atoms with van der Waals surface area (Å²) in [4.78, 5) is 18.4. The smallest absolute Gasteiger partial charge is 0.246 e.